The molecular weight excluding hydrogens is 302 g/mol. The zero-order chi connectivity index (χ0) is 16.0. The number of hydrogen-bond donors (Lipinski definition) is 1. The summed E-state index contributed by atoms with van der Waals surface area (Å²) in [6.45, 7) is 1.93. The highest BCUT2D eigenvalue weighted by atomic mass is 32.2. The van der Waals surface area contributed by atoms with E-state index in [1.165, 1.54) is 6.07 Å². The lowest BCUT2D eigenvalue weighted by Crippen LogP contribution is -2.30. The second-order valence-electron chi connectivity index (χ2n) is 4.91. The summed E-state index contributed by atoms with van der Waals surface area (Å²) < 4.78 is 31.6. The minimum absolute atomic E-state index is 0.132. The lowest BCUT2D eigenvalue weighted by molar-refractivity contribution is -0.142. The number of ether oxygens (including phenoxy) is 1. The van der Waals surface area contributed by atoms with Crippen LogP contribution in [0.5, 0.6) is 0 Å². The molecule has 0 unspecified atom stereocenters. The monoisotopic (exact) mass is 321 g/mol. The third-order valence-electron chi connectivity index (χ3n) is 3.20. The van der Waals surface area contributed by atoms with Gasteiger partial charge in [-0.1, -0.05) is 43.7 Å². The standard InChI is InChI=1S/C16H19NO4S/c1-2-3-10-21-16(18)12-17-22(19,20)15-9-8-13-6-4-5-7-14(13)11-15/h4-9,11,17H,2-3,10,12H2,1H3. The number of sulfonamides is 1. The zero-order valence-electron chi connectivity index (χ0n) is 12.4. The van der Waals surface area contributed by atoms with Crippen LogP contribution in [-0.4, -0.2) is 27.5 Å². The quantitative estimate of drug-likeness (QED) is 0.628. The molecule has 2 aromatic rings. The Kier molecular flexibility index (Phi) is 5.51. The largest absolute Gasteiger partial charge is 0.465 e. The Balaban J connectivity index is 2.04. The van der Waals surface area contributed by atoms with Crippen molar-refractivity contribution in [2.45, 2.75) is 24.7 Å². The van der Waals surface area contributed by atoms with Crippen molar-refractivity contribution in [2.24, 2.45) is 0 Å². The van der Waals surface area contributed by atoms with Crippen LogP contribution in [0.25, 0.3) is 10.8 Å². The number of hydrogen-bond acceptors (Lipinski definition) is 4. The Hall–Kier alpha value is -1.92. The molecule has 0 aromatic heterocycles. The van der Waals surface area contributed by atoms with Gasteiger partial charge in [-0.05, 0) is 29.3 Å². The van der Waals surface area contributed by atoms with E-state index in [0.717, 1.165) is 23.6 Å². The average Bonchev–Trinajstić information content (AvgIpc) is 2.53. The minimum Gasteiger partial charge on any atom is -0.465 e. The average molecular weight is 321 g/mol. The summed E-state index contributed by atoms with van der Waals surface area (Å²) >= 11 is 0. The molecule has 0 amide bonds. The summed E-state index contributed by atoms with van der Waals surface area (Å²) in [6, 6.07) is 12.3. The second kappa shape index (κ2) is 7.38. The predicted octanol–water partition coefficient (Wildman–Crippen LogP) is 2.46. The van der Waals surface area contributed by atoms with Crippen molar-refractivity contribution in [3.05, 3.63) is 42.5 Å². The Morgan fingerprint density at radius 3 is 2.59 bits per heavy atom. The third kappa shape index (κ3) is 4.29. The highest BCUT2D eigenvalue weighted by Gasteiger charge is 2.16. The number of nitrogens with one attached hydrogen (secondary N) is 1. The molecule has 2 rings (SSSR count). The van der Waals surface area contributed by atoms with Crippen LogP contribution in [0.15, 0.2) is 47.4 Å². The van der Waals surface area contributed by atoms with Gasteiger partial charge in [0.2, 0.25) is 10.0 Å². The Bertz CT molecular complexity index is 756. The molecule has 5 nitrogen and oxygen atoms in total. The fourth-order valence-corrected chi connectivity index (χ4v) is 2.96. The fourth-order valence-electron chi connectivity index (χ4n) is 1.95. The first-order valence-electron chi connectivity index (χ1n) is 7.17. The molecule has 0 aliphatic rings. The van der Waals surface area contributed by atoms with E-state index in [-0.39, 0.29) is 11.4 Å². The molecule has 118 valence electrons. The van der Waals surface area contributed by atoms with Gasteiger partial charge < -0.3 is 4.74 Å². The van der Waals surface area contributed by atoms with Crippen LogP contribution in [0.2, 0.25) is 0 Å². The topological polar surface area (TPSA) is 72.5 Å². The summed E-state index contributed by atoms with van der Waals surface area (Å²) in [4.78, 5) is 11.6. The van der Waals surface area contributed by atoms with E-state index in [9.17, 15) is 13.2 Å². The lowest BCUT2D eigenvalue weighted by atomic mass is 10.1. The van der Waals surface area contributed by atoms with E-state index in [1.54, 1.807) is 12.1 Å². The molecule has 0 heterocycles. The molecule has 0 saturated carbocycles. The van der Waals surface area contributed by atoms with Crippen LogP contribution in [0, 0.1) is 0 Å². The van der Waals surface area contributed by atoms with E-state index in [2.05, 4.69) is 4.72 Å². The van der Waals surface area contributed by atoms with Crippen molar-refractivity contribution in [3.8, 4) is 0 Å². The maximum absolute atomic E-state index is 12.2. The first-order valence-corrected chi connectivity index (χ1v) is 8.65. The van der Waals surface area contributed by atoms with Crippen LogP contribution >= 0.6 is 0 Å². The van der Waals surface area contributed by atoms with Crippen molar-refractivity contribution >= 4 is 26.8 Å². The normalized spacial score (nSPS) is 11.5. The molecule has 0 spiro atoms. The smallest absolute Gasteiger partial charge is 0.321 e. The van der Waals surface area contributed by atoms with Crippen LogP contribution in [0.4, 0.5) is 0 Å². The van der Waals surface area contributed by atoms with E-state index < -0.39 is 16.0 Å². The highest BCUT2D eigenvalue weighted by Crippen LogP contribution is 2.18. The van der Waals surface area contributed by atoms with Crippen molar-refractivity contribution in [1.82, 2.24) is 4.72 Å². The highest BCUT2D eigenvalue weighted by molar-refractivity contribution is 7.89. The number of benzene rings is 2. The first-order chi connectivity index (χ1) is 10.5. The fraction of sp³-hybridized carbons (Fsp3) is 0.312. The summed E-state index contributed by atoms with van der Waals surface area (Å²) in [5, 5.41) is 1.79. The number of fused-ring (bicyclic) bond motifs is 1. The van der Waals surface area contributed by atoms with E-state index >= 15 is 0 Å². The summed E-state index contributed by atoms with van der Waals surface area (Å²) in [7, 11) is -3.73. The van der Waals surface area contributed by atoms with Crippen LogP contribution in [0.1, 0.15) is 19.8 Å². The van der Waals surface area contributed by atoms with Crippen LogP contribution < -0.4 is 4.72 Å². The molecule has 2 aromatic carbocycles. The first kappa shape index (κ1) is 16.5. The van der Waals surface area contributed by atoms with Crippen molar-refractivity contribution in [3.63, 3.8) is 0 Å². The van der Waals surface area contributed by atoms with E-state index in [4.69, 9.17) is 4.74 Å². The Labute approximate surface area is 130 Å². The second-order valence-corrected chi connectivity index (χ2v) is 6.67. The van der Waals surface area contributed by atoms with Gasteiger partial charge in [0, 0.05) is 0 Å². The van der Waals surface area contributed by atoms with Gasteiger partial charge in [0.15, 0.2) is 0 Å². The molecule has 0 aliphatic heterocycles. The SMILES string of the molecule is CCCCOC(=O)CNS(=O)(=O)c1ccc2ccccc2c1. The molecule has 0 atom stereocenters. The van der Waals surface area contributed by atoms with Gasteiger partial charge in [-0.3, -0.25) is 4.79 Å². The molecule has 1 N–H and O–H groups in total. The van der Waals surface area contributed by atoms with Gasteiger partial charge in [-0.25, -0.2) is 8.42 Å². The maximum atomic E-state index is 12.2. The van der Waals surface area contributed by atoms with Gasteiger partial charge in [0.1, 0.15) is 6.54 Å². The summed E-state index contributed by atoms with van der Waals surface area (Å²) in [5.74, 6) is -0.571. The molecule has 22 heavy (non-hydrogen) atoms. The van der Waals surface area contributed by atoms with Crippen molar-refractivity contribution < 1.29 is 17.9 Å². The van der Waals surface area contributed by atoms with Gasteiger partial charge in [0.25, 0.3) is 0 Å². The molecule has 0 radical (unpaired) electrons. The molecule has 0 saturated heterocycles. The van der Waals surface area contributed by atoms with E-state index in [0.29, 0.717) is 6.61 Å². The van der Waals surface area contributed by atoms with Gasteiger partial charge in [0.05, 0.1) is 11.5 Å². The number of carbonyl (C=O) groups is 1. The molecule has 6 heteroatoms. The number of esters is 1. The Morgan fingerprint density at radius 2 is 1.86 bits per heavy atom. The third-order valence-corrected chi connectivity index (χ3v) is 4.60. The zero-order valence-corrected chi connectivity index (χ0v) is 13.2. The molecule has 0 aliphatic carbocycles. The van der Waals surface area contributed by atoms with Gasteiger partial charge >= 0.3 is 5.97 Å². The molecule has 0 bridgehead atoms. The summed E-state index contributed by atoms with van der Waals surface area (Å²) in [6.07, 6.45) is 1.68. The lowest BCUT2D eigenvalue weighted by Gasteiger charge is -2.08. The molecule has 0 fully saturated rings. The minimum atomic E-state index is -3.73. The number of carbonyl (C=O) groups excluding carboxylic acids is 1. The van der Waals surface area contributed by atoms with Crippen LogP contribution in [0.3, 0.4) is 0 Å². The molecular formula is C16H19NO4S. The Morgan fingerprint density at radius 1 is 1.14 bits per heavy atom. The number of unbranched alkanes of at least 4 members (excludes halogenated alkanes) is 1. The predicted molar refractivity (Wildman–Crippen MR) is 85.0 cm³/mol. The van der Waals surface area contributed by atoms with Crippen molar-refractivity contribution in [1.29, 1.82) is 0 Å². The van der Waals surface area contributed by atoms with Crippen LogP contribution in [-0.2, 0) is 19.6 Å². The number of rotatable bonds is 7. The maximum Gasteiger partial charge on any atom is 0.321 e. The van der Waals surface area contributed by atoms with Gasteiger partial charge in [-0.15, -0.1) is 0 Å². The van der Waals surface area contributed by atoms with Gasteiger partial charge in [-0.2, -0.15) is 4.72 Å². The summed E-state index contributed by atoms with van der Waals surface area (Å²) in [5.41, 5.74) is 0. The van der Waals surface area contributed by atoms with E-state index in [1.807, 2.05) is 31.2 Å². The van der Waals surface area contributed by atoms with Crippen molar-refractivity contribution in [2.75, 3.05) is 13.2 Å².